The fourth-order valence-electron chi connectivity index (χ4n) is 1.50. The first-order valence-corrected chi connectivity index (χ1v) is 5.70. The number of rotatable bonds is 5. The van der Waals surface area contributed by atoms with Gasteiger partial charge in [-0.05, 0) is 6.92 Å². The molecule has 17 heavy (non-hydrogen) atoms. The van der Waals surface area contributed by atoms with Crippen LogP contribution >= 0.6 is 0 Å². The number of nitrogens with zero attached hydrogens (tertiary/aromatic N) is 4. The van der Waals surface area contributed by atoms with E-state index in [2.05, 4.69) is 34.2 Å². The summed E-state index contributed by atoms with van der Waals surface area (Å²) in [6.45, 7) is 7.51. The van der Waals surface area contributed by atoms with Crippen LogP contribution in [0.5, 0.6) is 5.88 Å². The van der Waals surface area contributed by atoms with E-state index in [9.17, 15) is 0 Å². The van der Waals surface area contributed by atoms with Crippen molar-refractivity contribution in [2.24, 2.45) is 0 Å². The van der Waals surface area contributed by atoms with E-state index in [4.69, 9.17) is 4.74 Å². The van der Waals surface area contributed by atoms with Crippen LogP contribution < -0.4 is 10.1 Å². The number of hydrogen-bond donors (Lipinski definition) is 1. The second-order valence-electron chi connectivity index (χ2n) is 4.16. The average Bonchev–Trinajstić information content (AvgIpc) is 2.71. The fraction of sp³-hybridized carbons (Fsp3) is 0.545. The van der Waals surface area contributed by atoms with Crippen LogP contribution in [0, 0.1) is 6.92 Å². The fourth-order valence-corrected chi connectivity index (χ4v) is 1.50. The Labute approximate surface area is 100 Å². The van der Waals surface area contributed by atoms with Crippen molar-refractivity contribution in [1.82, 2.24) is 24.9 Å². The van der Waals surface area contributed by atoms with E-state index < -0.39 is 0 Å². The van der Waals surface area contributed by atoms with E-state index >= 15 is 0 Å². The van der Waals surface area contributed by atoms with E-state index in [0.717, 1.165) is 12.2 Å². The molecule has 6 heteroatoms. The second-order valence-corrected chi connectivity index (χ2v) is 4.16. The number of fused-ring (bicyclic) bond motifs is 1. The van der Waals surface area contributed by atoms with Crippen LogP contribution in [0.2, 0.25) is 0 Å². The lowest BCUT2D eigenvalue weighted by Gasteiger charge is -2.10. The van der Waals surface area contributed by atoms with E-state index in [-0.39, 0.29) is 0 Å². The lowest BCUT2D eigenvalue weighted by Crippen LogP contribution is -2.27. The normalized spacial score (nSPS) is 11.3. The largest absolute Gasteiger partial charge is 0.476 e. The van der Waals surface area contributed by atoms with Gasteiger partial charge in [0.05, 0.1) is 0 Å². The van der Waals surface area contributed by atoms with Crippen LogP contribution in [0.25, 0.3) is 5.78 Å². The molecular formula is C11H17N5O. The summed E-state index contributed by atoms with van der Waals surface area (Å²) in [7, 11) is 0. The Morgan fingerprint density at radius 3 is 3.06 bits per heavy atom. The molecule has 1 N–H and O–H groups in total. The van der Waals surface area contributed by atoms with Crippen molar-refractivity contribution < 1.29 is 4.74 Å². The third kappa shape index (κ3) is 2.91. The third-order valence-corrected chi connectivity index (χ3v) is 2.25. The summed E-state index contributed by atoms with van der Waals surface area (Å²) >= 11 is 0. The molecule has 0 atom stereocenters. The van der Waals surface area contributed by atoms with Crippen molar-refractivity contribution in [3.63, 3.8) is 0 Å². The van der Waals surface area contributed by atoms with Gasteiger partial charge in [0.25, 0.3) is 5.78 Å². The maximum Gasteiger partial charge on any atom is 0.255 e. The van der Waals surface area contributed by atoms with Gasteiger partial charge < -0.3 is 10.1 Å². The van der Waals surface area contributed by atoms with Crippen LogP contribution in [-0.4, -0.2) is 38.8 Å². The summed E-state index contributed by atoms with van der Waals surface area (Å²) in [6, 6.07) is 2.32. The molecular weight excluding hydrogens is 218 g/mol. The molecule has 0 radical (unpaired) electrons. The molecule has 92 valence electrons. The first-order valence-electron chi connectivity index (χ1n) is 5.70. The number of hydrogen-bond acceptors (Lipinski definition) is 5. The summed E-state index contributed by atoms with van der Waals surface area (Å²) in [5.41, 5.74) is 0.873. The maximum absolute atomic E-state index is 5.67. The highest BCUT2D eigenvalue weighted by atomic mass is 16.5. The Bertz CT molecular complexity index is 494. The van der Waals surface area contributed by atoms with Crippen molar-refractivity contribution in [2.75, 3.05) is 13.2 Å². The Kier molecular flexibility index (Phi) is 3.53. The van der Waals surface area contributed by atoms with Crippen LogP contribution in [0.3, 0.4) is 0 Å². The molecule has 2 heterocycles. The molecule has 0 aromatic carbocycles. The predicted octanol–water partition coefficient (Wildman–Crippen LogP) is 0.810. The molecule has 0 aliphatic rings. The summed E-state index contributed by atoms with van der Waals surface area (Å²) in [5, 5.41) is 7.36. The molecule has 0 saturated heterocycles. The second kappa shape index (κ2) is 5.09. The average molecular weight is 235 g/mol. The van der Waals surface area contributed by atoms with Crippen molar-refractivity contribution in [1.29, 1.82) is 0 Å². The first-order chi connectivity index (χ1) is 8.16. The molecule has 0 bridgehead atoms. The van der Waals surface area contributed by atoms with Crippen LogP contribution in [-0.2, 0) is 0 Å². The van der Waals surface area contributed by atoms with Crippen LogP contribution in [0.15, 0.2) is 12.4 Å². The monoisotopic (exact) mass is 235 g/mol. The van der Waals surface area contributed by atoms with E-state index in [1.807, 2.05) is 13.0 Å². The molecule has 2 aromatic rings. The molecule has 2 rings (SSSR count). The smallest absolute Gasteiger partial charge is 0.255 e. The number of ether oxygens (including phenoxy) is 1. The van der Waals surface area contributed by atoms with Crippen molar-refractivity contribution in [3.05, 3.63) is 18.1 Å². The zero-order valence-corrected chi connectivity index (χ0v) is 10.3. The van der Waals surface area contributed by atoms with Crippen molar-refractivity contribution >= 4 is 5.78 Å². The quantitative estimate of drug-likeness (QED) is 0.777. The summed E-state index contributed by atoms with van der Waals surface area (Å²) in [6.07, 6.45) is 1.47. The topological polar surface area (TPSA) is 64.3 Å². The van der Waals surface area contributed by atoms with Gasteiger partial charge in [-0.25, -0.2) is 4.98 Å². The number of aryl methyl sites for hydroxylation is 1. The Hall–Kier alpha value is -1.69. The highest BCUT2D eigenvalue weighted by molar-refractivity contribution is 5.32. The Balaban J connectivity index is 2.04. The molecule has 6 nitrogen and oxygen atoms in total. The van der Waals surface area contributed by atoms with Gasteiger partial charge in [-0.15, -0.1) is 0 Å². The predicted molar refractivity (Wildman–Crippen MR) is 64.2 cm³/mol. The molecule has 0 aliphatic heterocycles. The van der Waals surface area contributed by atoms with E-state index in [1.54, 1.807) is 4.52 Å². The minimum absolute atomic E-state index is 0.462. The maximum atomic E-state index is 5.67. The molecule has 0 aliphatic carbocycles. The molecule has 2 aromatic heterocycles. The van der Waals surface area contributed by atoms with Gasteiger partial charge in [-0.3, -0.25) is 0 Å². The summed E-state index contributed by atoms with van der Waals surface area (Å²) in [5.74, 6) is 1.24. The van der Waals surface area contributed by atoms with Gasteiger partial charge >= 0.3 is 0 Å². The zero-order valence-electron chi connectivity index (χ0n) is 10.3. The lowest BCUT2D eigenvalue weighted by molar-refractivity contribution is 0.290. The summed E-state index contributed by atoms with van der Waals surface area (Å²) < 4.78 is 7.27. The molecule has 0 spiro atoms. The van der Waals surface area contributed by atoms with Gasteiger partial charge in [0, 0.05) is 24.3 Å². The summed E-state index contributed by atoms with van der Waals surface area (Å²) in [4.78, 5) is 8.29. The van der Waals surface area contributed by atoms with Crippen molar-refractivity contribution in [3.8, 4) is 5.88 Å². The van der Waals surface area contributed by atoms with Crippen molar-refractivity contribution in [2.45, 2.75) is 26.8 Å². The third-order valence-electron chi connectivity index (χ3n) is 2.25. The highest BCUT2D eigenvalue weighted by Crippen LogP contribution is 2.12. The van der Waals surface area contributed by atoms with Gasteiger partial charge in [0.2, 0.25) is 5.88 Å². The highest BCUT2D eigenvalue weighted by Gasteiger charge is 2.06. The molecule has 0 saturated carbocycles. The van der Waals surface area contributed by atoms with Crippen LogP contribution in [0.4, 0.5) is 0 Å². The standard InChI is InChI=1S/C11H17N5O/c1-8(2)12-4-5-17-10-6-9(3)15-11-13-7-14-16(10)11/h6-8,12H,4-5H2,1-3H3. The van der Waals surface area contributed by atoms with Crippen LogP contribution in [0.1, 0.15) is 19.5 Å². The van der Waals surface area contributed by atoms with E-state index in [1.165, 1.54) is 6.33 Å². The van der Waals surface area contributed by atoms with Gasteiger partial charge in [0.1, 0.15) is 12.9 Å². The molecule has 0 fully saturated rings. The molecule has 0 amide bonds. The number of nitrogens with one attached hydrogen (secondary N) is 1. The van der Waals surface area contributed by atoms with Gasteiger partial charge in [-0.2, -0.15) is 14.6 Å². The van der Waals surface area contributed by atoms with Gasteiger partial charge in [-0.1, -0.05) is 13.8 Å². The number of aromatic nitrogens is 4. The zero-order chi connectivity index (χ0) is 12.3. The lowest BCUT2D eigenvalue weighted by atomic mass is 10.4. The SMILES string of the molecule is Cc1cc(OCCNC(C)C)n2ncnc2n1. The molecule has 0 unspecified atom stereocenters. The minimum Gasteiger partial charge on any atom is -0.476 e. The Morgan fingerprint density at radius 1 is 1.47 bits per heavy atom. The first kappa shape index (κ1) is 11.8. The Morgan fingerprint density at radius 2 is 2.29 bits per heavy atom. The van der Waals surface area contributed by atoms with E-state index in [0.29, 0.717) is 24.3 Å². The minimum atomic E-state index is 0.462. The van der Waals surface area contributed by atoms with Gasteiger partial charge in [0.15, 0.2) is 0 Å².